The van der Waals surface area contributed by atoms with Gasteiger partial charge in [0.1, 0.15) is 0 Å². The quantitative estimate of drug-likeness (QED) is 0.249. The molecule has 2 aromatic carbocycles. The van der Waals surface area contributed by atoms with Crippen molar-refractivity contribution in [2.75, 3.05) is 0 Å². The first-order chi connectivity index (χ1) is 20.4. The van der Waals surface area contributed by atoms with Crippen LogP contribution in [0.1, 0.15) is 71.0 Å². The number of rotatable bonds is 7. The maximum absolute atomic E-state index is 14.1. The van der Waals surface area contributed by atoms with Gasteiger partial charge in [-0.2, -0.15) is 0 Å². The van der Waals surface area contributed by atoms with Crippen LogP contribution in [-0.4, -0.2) is 39.9 Å². The average Bonchev–Trinajstić information content (AvgIpc) is 3.00. The molecule has 4 atom stereocenters. The number of pyridine rings is 1. The van der Waals surface area contributed by atoms with Gasteiger partial charge >= 0.3 is 7.12 Å². The number of allylic oxidation sites excluding steroid dienone is 2. The summed E-state index contributed by atoms with van der Waals surface area (Å²) in [5.41, 5.74) is 5.36. The summed E-state index contributed by atoms with van der Waals surface area (Å²) in [7, 11) is -1.06. The average molecular weight is 565 g/mol. The first kappa shape index (κ1) is 28.3. The van der Waals surface area contributed by atoms with Gasteiger partial charge in [0.05, 0.1) is 11.8 Å². The van der Waals surface area contributed by atoms with E-state index in [2.05, 4.69) is 11.9 Å². The zero-order chi connectivity index (χ0) is 29.4. The lowest BCUT2D eigenvalue weighted by Crippen LogP contribution is -2.50. The largest absolute Gasteiger partial charge is 0.505 e. The van der Waals surface area contributed by atoms with E-state index in [4.69, 9.17) is 4.65 Å². The number of benzene rings is 2. The number of fused-ring (bicyclic) bond motifs is 4. The van der Waals surface area contributed by atoms with E-state index in [1.54, 1.807) is 36.5 Å². The fourth-order valence-corrected chi connectivity index (χ4v) is 7.13. The third-order valence-electron chi connectivity index (χ3n) is 8.90. The number of Topliss-reactive ketones (excluding diaryl/α,β-unsaturated/α-hetero) is 2. The lowest BCUT2D eigenvalue weighted by molar-refractivity contribution is 0.0599. The van der Waals surface area contributed by atoms with Crippen molar-refractivity contribution in [3.8, 4) is 5.75 Å². The van der Waals surface area contributed by atoms with E-state index < -0.39 is 36.6 Å². The predicted octanol–water partition coefficient (Wildman–Crippen LogP) is 6.55. The van der Waals surface area contributed by atoms with Crippen LogP contribution in [-0.2, 0) is 4.65 Å². The topological polar surface area (TPSA) is 96.7 Å². The van der Waals surface area contributed by atoms with E-state index in [0.717, 1.165) is 35.3 Å². The Kier molecular flexibility index (Phi) is 7.93. The number of carbonyl (C=O) groups excluding carboxylic acids is 2. The molecule has 3 aliphatic rings. The van der Waals surface area contributed by atoms with E-state index in [1.807, 2.05) is 24.3 Å². The first-order valence-electron chi connectivity index (χ1n) is 14.7. The van der Waals surface area contributed by atoms with E-state index >= 15 is 0 Å². The highest BCUT2D eigenvalue weighted by Crippen LogP contribution is 2.51. The predicted molar refractivity (Wildman–Crippen MR) is 159 cm³/mol. The number of aromatic nitrogens is 1. The highest BCUT2D eigenvalue weighted by Gasteiger charge is 2.53. The maximum atomic E-state index is 14.1. The number of phenols is 1. The van der Waals surface area contributed by atoms with Crippen molar-refractivity contribution >= 4 is 30.3 Å². The lowest BCUT2D eigenvalue weighted by atomic mass is 9.54. The van der Waals surface area contributed by atoms with Crippen LogP contribution in [0.15, 0.2) is 78.0 Å². The van der Waals surface area contributed by atoms with Crippen LogP contribution in [0.25, 0.3) is 11.6 Å². The molecule has 6 nitrogen and oxygen atoms in total. The summed E-state index contributed by atoms with van der Waals surface area (Å²) in [5.74, 6) is -2.35. The third-order valence-corrected chi connectivity index (χ3v) is 8.90. The highest BCUT2D eigenvalue weighted by atomic mass is 19.1. The molecular formula is C34H33BFNO5. The molecule has 1 aromatic heterocycles. The van der Waals surface area contributed by atoms with E-state index in [1.165, 1.54) is 12.1 Å². The fourth-order valence-electron chi connectivity index (χ4n) is 7.13. The van der Waals surface area contributed by atoms with Crippen LogP contribution < -0.4 is 0 Å². The van der Waals surface area contributed by atoms with Gasteiger partial charge < -0.3 is 14.8 Å². The summed E-state index contributed by atoms with van der Waals surface area (Å²) in [6.07, 6.45) is 6.61. The summed E-state index contributed by atoms with van der Waals surface area (Å²) in [4.78, 5) is 32.0. The van der Waals surface area contributed by atoms with Crippen molar-refractivity contribution in [1.29, 1.82) is 0 Å². The molecule has 8 heteroatoms. The standard InChI is InChI=1S/C34H33BFNO5/c1-2-7-22-18-25-32(34(40)24-9-4-3-8-23(24)33(25)39)26-19-35(41)42-30(31(22)26)14-12-21(28-10-5-6-15-37-28)16-20-11-13-29(38)27(36)17-20/h3-6,8-11,13,15-17,25-26,30,32,38,41H,2,7,12,14,18-19H2,1H3/b21-16-/t25-,26+,30-,32-/m1/s1. The zero-order valence-electron chi connectivity index (χ0n) is 23.5. The van der Waals surface area contributed by atoms with Crippen molar-refractivity contribution in [2.24, 2.45) is 17.8 Å². The number of ketones is 2. The first-order valence-corrected chi connectivity index (χ1v) is 14.7. The van der Waals surface area contributed by atoms with Gasteiger partial charge in [-0.25, -0.2) is 4.39 Å². The van der Waals surface area contributed by atoms with Gasteiger partial charge in [-0.1, -0.05) is 55.3 Å². The Morgan fingerprint density at radius 3 is 2.55 bits per heavy atom. The van der Waals surface area contributed by atoms with Crippen LogP contribution in [0.3, 0.4) is 0 Å². The Balaban J connectivity index is 1.36. The molecule has 0 amide bonds. The summed E-state index contributed by atoms with van der Waals surface area (Å²) < 4.78 is 20.3. The summed E-state index contributed by atoms with van der Waals surface area (Å²) in [5, 5.41) is 20.6. The molecule has 3 aromatic rings. The second kappa shape index (κ2) is 11.8. The molecule has 0 bridgehead atoms. The van der Waals surface area contributed by atoms with Crippen molar-refractivity contribution in [2.45, 2.75) is 51.5 Å². The normalized spacial score (nSPS) is 23.9. The second-order valence-electron chi connectivity index (χ2n) is 11.5. The molecule has 214 valence electrons. The van der Waals surface area contributed by atoms with E-state index in [0.29, 0.717) is 36.0 Å². The molecule has 6 rings (SSSR count). The Morgan fingerprint density at radius 2 is 1.83 bits per heavy atom. The molecule has 2 aliphatic carbocycles. The number of nitrogens with zero attached hydrogens (tertiary/aromatic N) is 1. The molecular weight excluding hydrogens is 532 g/mol. The van der Waals surface area contributed by atoms with Gasteiger partial charge in [-0.3, -0.25) is 14.6 Å². The fraction of sp³-hybridized carbons (Fsp3) is 0.324. The summed E-state index contributed by atoms with van der Waals surface area (Å²) in [6, 6.07) is 16.9. The molecule has 1 fully saturated rings. The second-order valence-corrected chi connectivity index (χ2v) is 11.5. The molecule has 0 radical (unpaired) electrons. The molecule has 42 heavy (non-hydrogen) atoms. The molecule has 2 heterocycles. The minimum absolute atomic E-state index is 0.0156. The molecule has 1 saturated heterocycles. The molecule has 2 N–H and O–H groups in total. The van der Waals surface area contributed by atoms with Gasteiger partial charge in [0, 0.05) is 29.2 Å². The maximum Gasteiger partial charge on any atom is 0.455 e. The van der Waals surface area contributed by atoms with E-state index in [9.17, 15) is 24.1 Å². The smallest absolute Gasteiger partial charge is 0.455 e. The molecule has 1 aliphatic heterocycles. The third kappa shape index (κ3) is 5.25. The number of aromatic hydroxyl groups is 1. The summed E-state index contributed by atoms with van der Waals surface area (Å²) >= 11 is 0. The number of hydrogen-bond donors (Lipinski definition) is 2. The van der Waals surface area contributed by atoms with Gasteiger partial charge in [0.15, 0.2) is 23.1 Å². The van der Waals surface area contributed by atoms with Crippen molar-refractivity contribution in [3.05, 3.63) is 106 Å². The molecule has 0 spiro atoms. The number of phenolic OH excluding ortho intramolecular Hbond substituents is 1. The van der Waals surface area contributed by atoms with Gasteiger partial charge in [-0.05, 0) is 85.0 Å². The van der Waals surface area contributed by atoms with Crippen molar-refractivity contribution < 1.29 is 28.8 Å². The number of hydrogen-bond acceptors (Lipinski definition) is 6. The van der Waals surface area contributed by atoms with Crippen LogP contribution in [0.5, 0.6) is 5.75 Å². The Bertz CT molecular complexity index is 1590. The monoisotopic (exact) mass is 565 g/mol. The summed E-state index contributed by atoms with van der Waals surface area (Å²) in [6.45, 7) is 2.10. The Morgan fingerprint density at radius 1 is 1.07 bits per heavy atom. The highest BCUT2D eigenvalue weighted by molar-refractivity contribution is 6.43. The Labute approximate surface area is 245 Å². The van der Waals surface area contributed by atoms with Gasteiger partial charge in [0.2, 0.25) is 0 Å². The number of carbonyl (C=O) groups is 2. The van der Waals surface area contributed by atoms with Crippen LogP contribution in [0.2, 0.25) is 6.32 Å². The van der Waals surface area contributed by atoms with E-state index in [-0.39, 0.29) is 23.8 Å². The molecule has 0 unspecified atom stereocenters. The van der Waals surface area contributed by atoms with Crippen LogP contribution >= 0.6 is 0 Å². The van der Waals surface area contributed by atoms with Gasteiger partial charge in [0.25, 0.3) is 0 Å². The van der Waals surface area contributed by atoms with Crippen molar-refractivity contribution in [3.63, 3.8) is 0 Å². The van der Waals surface area contributed by atoms with Crippen LogP contribution in [0, 0.1) is 23.6 Å². The number of halogens is 1. The van der Waals surface area contributed by atoms with Crippen LogP contribution in [0.4, 0.5) is 4.39 Å². The minimum atomic E-state index is -1.06. The molecule has 0 saturated carbocycles. The lowest BCUT2D eigenvalue weighted by Gasteiger charge is -2.47. The van der Waals surface area contributed by atoms with Gasteiger partial charge in [-0.15, -0.1) is 0 Å². The Hall–Kier alpha value is -3.88. The SMILES string of the molecule is CCCC1=C2[C@@H](CC/C(=C/c3ccc(O)c(F)c3)c3ccccn3)OB(O)C[C@@H]2[C@@H]2C(=O)c3ccccc3C(=O)[C@@H]2C1. The zero-order valence-corrected chi connectivity index (χ0v) is 23.5. The minimum Gasteiger partial charge on any atom is -0.505 e. The van der Waals surface area contributed by atoms with Crippen molar-refractivity contribution in [1.82, 2.24) is 4.98 Å².